The molecule has 0 unspecified atom stereocenters. The third kappa shape index (κ3) is 4.92. The Bertz CT molecular complexity index is 247. The molecule has 5 heteroatoms. The smallest absolute Gasteiger partial charge is 0.234 e. The summed E-state index contributed by atoms with van der Waals surface area (Å²) in [6.07, 6.45) is 0.977. The van der Waals surface area contributed by atoms with Crippen molar-refractivity contribution in [2.75, 3.05) is 39.3 Å². The molecule has 1 saturated heterocycles. The van der Waals surface area contributed by atoms with Crippen molar-refractivity contribution in [3.63, 3.8) is 0 Å². The van der Waals surface area contributed by atoms with E-state index in [-0.39, 0.29) is 24.6 Å². The predicted octanol–water partition coefficient (Wildman–Crippen LogP) is -0.100. The van der Waals surface area contributed by atoms with Crippen molar-refractivity contribution in [1.29, 1.82) is 0 Å². The summed E-state index contributed by atoms with van der Waals surface area (Å²) in [5, 5.41) is 12.2. The number of nitrogens with zero attached hydrogens (tertiary/aromatic N) is 2. The minimum absolute atomic E-state index is 0.104. The molecule has 0 aromatic carbocycles. The average Bonchev–Trinajstić information content (AvgIpc) is 2.31. The number of piperazine rings is 1. The molecule has 1 amide bonds. The summed E-state index contributed by atoms with van der Waals surface area (Å²) in [7, 11) is 0. The molecule has 18 heavy (non-hydrogen) atoms. The topological polar surface area (TPSA) is 55.8 Å². The third-order valence-electron chi connectivity index (χ3n) is 3.42. The monoisotopic (exact) mass is 257 g/mol. The van der Waals surface area contributed by atoms with Crippen molar-refractivity contribution in [2.24, 2.45) is 0 Å². The highest BCUT2D eigenvalue weighted by atomic mass is 16.3. The van der Waals surface area contributed by atoms with Crippen molar-refractivity contribution >= 4 is 5.91 Å². The molecule has 106 valence electrons. The standard InChI is InChI=1S/C13H27N3O2/c1-4-12(10-17)16-7-5-15(6-8-16)9-13(18)14-11(2)3/h11-12,17H,4-10H2,1-3H3,(H,14,18)/t12-/m0/s1. The molecule has 1 rings (SSSR count). The predicted molar refractivity (Wildman–Crippen MR) is 72.5 cm³/mol. The van der Waals surface area contributed by atoms with Gasteiger partial charge in [0.25, 0.3) is 0 Å². The van der Waals surface area contributed by atoms with E-state index < -0.39 is 0 Å². The van der Waals surface area contributed by atoms with Crippen LogP contribution in [-0.4, -0.2) is 72.2 Å². The number of hydrogen-bond donors (Lipinski definition) is 2. The van der Waals surface area contributed by atoms with Gasteiger partial charge in [-0.3, -0.25) is 14.6 Å². The number of rotatable bonds is 6. The van der Waals surface area contributed by atoms with E-state index in [1.807, 2.05) is 13.8 Å². The first-order chi connectivity index (χ1) is 8.56. The zero-order valence-corrected chi connectivity index (χ0v) is 11.9. The second-order valence-electron chi connectivity index (χ2n) is 5.28. The summed E-state index contributed by atoms with van der Waals surface area (Å²) in [6.45, 7) is 10.5. The van der Waals surface area contributed by atoms with Crippen LogP contribution in [0.1, 0.15) is 27.2 Å². The van der Waals surface area contributed by atoms with Crippen LogP contribution < -0.4 is 5.32 Å². The van der Waals surface area contributed by atoms with Crippen LogP contribution in [0.4, 0.5) is 0 Å². The Hall–Kier alpha value is -0.650. The van der Waals surface area contributed by atoms with Gasteiger partial charge in [0.05, 0.1) is 13.2 Å². The molecule has 0 aromatic heterocycles. The van der Waals surface area contributed by atoms with Crippen LogP contribution in [0.3, 0.4) is 0 Å². The third-order valence-corrected chi connectivity index (χ3v) is 3.42. The second kappa shape index (κ2) is 7.71. The first-order valence-electron chi connectivity index (χ1n) is 6.93. The maximum absolute atomic E-state index is 11.6. The maximum Gasteiger partial charge on any atom is 0.234 e. The van der Waals surface area contributed by atoms with Gasteiger partial charge in [-0.25, -0.2) is 0 Å². The highest BCUT2D eigenvalue weighted by molar-refractivity contribution is 5.78. The van der Waals surface area contributed by atoms with Crippen LogP contribution in [0.5, 0.6) is 0 Å². The van der Waals surface area contributed by atoms with E-state index in [2.05, 4.69) is 22.0 Å². The van der Waals surface area contributed by atoms with Crippen LogP contribution in [0.2, 0.25) is 0 Å². The molecule has 5 nitrogen and oxygen atoms in total. The van der Waals surface area contributed by atoms with Gasteiger partial charge in [-0.1, -0.05) is 6.92 Å². The van der Waals surface area contributed by atoms with Gasteiger partial charge in [0.15, 0.2) is 0 Å². The summed E-state index contributed by atoms with van der Waals surface area (Å²) in [4.78, 5) is 16.1. The normalized spacial score (nSPS) is 20.1. The molecular weight excluding hydrogens is 230 g/mol. The van der Waals surface area contributed by atoms with Gasteiger partial charge in [-0.15, -0.1) is 0 Å². The largest absolute Gasteiger partial charge is 0.395 e. The molecule has 1 fully saturated rings. The van der Waals surface area contributed by atoms with Crippen molar-refractivity contribution in [2.45, 2.75) is 39.3 Å². The Kier molecular flexibility index (Phi) is 6.60. The van der Waals surface area contributed by atoms with Crippen molar-refractivity contribution < 1.29 is 9.90 Å². The quantitative estimate of drug-likeness (QED) is 0.698. The van der Waals surface area contributed by atoms with E-state index in [0.717, 1.165) is 32.6 Å². The fourth-order valence-electron chi connectivity index (χ4n) is 2.36. The van der Waals surface area contributed by atoms with Crippen LogP contribution >= 0.6 is 0 Å². The SMILES string of the molecule is CC[C@@H](CO)N1CCN(CC(=O)NC(C)C)CC1. The number of amides is 1. The Labute approximate surface area is 110 Å². The molecular formula is C13H27N3O2. The molecule has 0 saturated carbocycles. The van der Waals surface area contributed by atoms with Crippen molar-refractivity contribution in [1.82, 2.24) is 15.1 Å². The fourth-order valence-corrected chi connectivity index (χ4v) is 2.36. The summed E-state index contributed by atoms with van der Waals surface area (Å²) in [5.41, 5.74) is 0. The number of aliphatic hydroxyl groups is 1. The van der Waals surface area contributed by atoms with E-state index >= 15 is 0 Å². The Morgan fingerprint density at radius 3 is 2.33 bits per heavy atom. The lowest BCUT2D eigenvalue weighted by molar-refractivity contribution is -0.123. The van der Waals surface area contributed by atoms with Gasteiger partial charge in [0.1, 0.15) is 0 Å². The molecule has 2 N–H and O–H groups in total. The van der Waals surface area contributed by atoms with Crippen molar-refractivity contribution in [3.05, 3.63) is 0 Å². The minimum Gasteiger partial charge on any atom is -0.395 e. The number of aliphatic hydroxyl groups excluding tert-OH is 1. The van der Waals surface area contributed by atoms with Gasteiger partial charge in [0.2, 0.25) is 5.91 Å². The van der Waals surface area contributed by atoms with Gasteiger partial charge >= 0.3 is 0 Å². The summed E-state index contributed by atoms with van der Waals surface area (Å²) >= 11 is 0. The summed E-state index contributed by atoms with van der Waals surface area (Å²) in [5.74, 6) is 0.104. The average molecular weight is 257 g/mol. The lowest BCUT2D eigenvalue weighted by atomic mass is 10.1. The molecule has 1 atom stereocenters. The molecule has 0 radical (unpaired) electrons. The molecule has 0 aromatic rings. The molecule has 1 heterocycles. The first kappa shape index (κ1) is 15.4. The number of nitrogens with one attached hydrogen (secondary N) is 1. The minimum atomic E-state index is 0.104. The maximum atomic E-state index is 11.6. The van der Waals surface area contributed by atoms with Gasteiger partial charge < -0.3 is 10.4 Å². The van der Waals surface area contributed by atoms with Gasteiger partial charge in [-0.2, -0.15) is 0 Å². The van der Waals surface area contributed by atoms with E-state index in [4.69, 9.17) is 0 Å². The highest BCUT2D eigenvalue weighted by Crippen LogP contribution is 2.08. The molecule has 1 aliphatic heterocycles. The number of carbonyl (C=O) groups excluding carboxylic acids is 1. The zero-order valence-electron chi connectivity index (χ0n) is 11.9. The van der Waals surface area contributed by atoms with Crippen LogP contribution in [-0.2, 0) is 4.79 Å². The molecule has 0 spiro atoms. The van der Waals surface area contributed by atoms with Crippen LogP contribution in [0.15, 0.2) is 0 Å². The lowest BCUT2D eigenvalue weighted by Crippen LogP contribution is -2.53. The van der Waals surface area contributed by atoms with Crippen molar-refractivity contribution in [3.8, 4) is 0 Å². The number of carbonyl (C=O) groups is 1. The molecule has 0 aliphatic carbocycles. The molecule has 1 aliphatic rings. The Balaban J connectivity index is 2.29. The lowest BCUT2D eigenvalue weighted by Gasteiger charge is -2.38. The van der Waals surface area contributed by atoms with E-state index in [1.165, 1.54) is 0 Å². The summed E-state index contributed by atoms with van der Waals surface area (Å²) in [6, 6.07) is 0.481. The van der Waals surface area contributed by atoms with E-state index in [0.29, 0.717) is 6.54 Å². The van der Waals surface area contributed by atoms with Crippen LogP contribution in [0, 0.1) is 0 Å². The fraction of sp³-hybridized carbons (Fsp3) is 0.923. The van der Waals surface area contributed by atoms with Gasteiger partial charge in [0, 0.05) is 38.3 Å². The zero-order chi connectivity index (χ0) is 13.5. The Morgan fingerprint density at radius 1 is 1.28 bits per heavy atom. The van der Waals surface area contributed by atoms with Gasteiger partial charge in [-0.05, 0) is 20.3 Å². The molecule has 0 bridgehead atoms. The second-order valence-corrected chi connectivity index (χ2v) is 5.28. The number of hydrogen-bond acceptors (Lipinski definition) is 4. The Morgan fingerprint density at radius 2 is 1.89 bits per heavy atom. The highest BCUT2D eigenvalue weighted by Gasteiger charge is 2.23. The van der Waals surface area contributed by atoms with E-state index in [9.17, 15) is 9.90 Å². The first-order valence-corrected chi connectivity index (χ1v) is 6.93. The summed E-state index contributed by atoms with van der Waals surface area (Å²) < 4.78 is 0. The van der Waals surface area contributed by atoms with E-state index in [1.54, 1.807) is 0 Å². The van der Waals surface area contributed by atoms with Crippen LogP contribution in [0.25, 0.3) is 0 Å².